The summed E-state index contributed by atoms with van der Waals surface area (Å²) in [5.74, 6) is 2.63. The van der Waals surface area contributed by atoms with Crippen LogP contribution >= 0.6 is 0 Å². The maximum Gasteiger partial charge on any atom is 0.228 e. The summed E-state index contributed by atoms with van der Waals surface area (Å²) in [5.41, 5.74) is 3.21. The smallest absolute Gasteiger partial charge is 0.228 e. The van der Waals surface area contributed by atoms with E-state index in [1.165, 1.54) is 5.56 Å². The number of para-hydroxylation sites is 1. The van der Waals surface area contributed by atoms with Crippen molar-refractivity contribution in [1.82, 2.24) is 15.0 Å². The molecule has 6 nitrogen and oxygen atoms in total. The van der Waals surface area contributed by atoms with Crippen molar-refractivity contribution in [3.8, 4) is 0 Å². The predicted octanol–water partition coefficient (Wildman–Crippen LogP) is 4.40. The highest BCUT2D eigenvalue weighted by Gasteiger charge is 2.21. The second-order valence-electron chi connectivity index (χ2n) is 7.54. The molecule has 0 spiro atoms. The predicted molar refractivity (Wildman–Crippen MR) is 123 cm³/mol. The second-order valence-corrected chi connectivity index (χ2v) is 7.54. The van der Waals surface area contributed by atoms with Gasteiger partial charge in [-0.15, -0.1) is 0 Å². The first kappa shape index (κ1) is 18.4. The molecule has 2 aromatic heterocycles. The zero-order chi connectivity index (χ0) is 20.3. The Hall–Kier alpha value is -3.67. The molecular weight excluding hydrogens is 372 g/mol. The topological polar surface area (TPSA) is 57.2 Å². The Morgan fingerprint density at radius 2 is 1.50 bits per heavy atom. The molecule has 0 amide bonds. The molecule has 0 radical (unpaired) electrons. The molecule has 3 heterocycles. The minimum absolute atomic E-state index is 0.768. The number of benzene rings is 2. The normalized spacial score (nSPS) is 14.2. The number of nitrogens with one attached hydrogen (secondary N) is 1. The number of piperazine rings is 1. The van der Waals surface area contributed by atoms with E-state index in [2.05, 4.69) is 63.4 Å². The fourth-order valence-corrected chi connectivity index (χ4v) is 3.75. The van der Waals surface area contributed by atoms with Crippen LogP contribution in [0.25, 0.3) is 10.9 Å². The molecule has 4 aromatic rings. The molecule has 2 aromatic carbocycles. The van der Waals surface area contributed by atoms with Gasteiger partial charge in [0.2, 0.25) is 5.95 Å². The van der Waals surface area contributed by atoms with Gasteiger partial charge in [-0.3, -0.25) is 0 Å². The minimum Gasteiger partial charge on any atom is -0.353 e. The number of hydrogen-bond donors (Lipinski definition) is 1. The van der Waals surface area contributed by atoms with Crippen molar-refractivity contribution in [2.45, 2.75) is 6.92 Å². The van der Waals surface area contributed by atoms with Gasteiger partial charge in [-0.1, -0.05) is 35.9 Å². The molecule has 5 rings (SSSR count). The fourth-order valence-electron chi connectivity index (χ4n) is 3.75. The SMILES string of the molecule is Cc1ccc(Nc2nc(N3CCN(c4ccccn4)CC3)nc3ccccc23)cc1. The number of fused-ring (bicyclic) bond motifs is 1. The van der Waals surface area contributed by atoms with Gasteiger partial charge in [-0.2, -0.15) is 4.98 Å². The molecule has 0 atom stereocenters. The molecule has 1 fully saturated rings. The largest absolute Gasteiger partial charge is 0.353 e. The van der Waals surface area contributed by atoms with Gasteiger partial charge in [0.25, 0.3) is 0 Å². The van der Waals surface area contributed by atoms with Crippen molar-refractivity contribution in [1.29, 1.82) is 0 Å². The van der Waals surface area contributed by atoms with Crippen LogP contribution in [0.4, 0.5) is 23.3 Å². The van der Waals surface area contributed by atoms with Crippen LogP contribution in [0.3, 0.4) is 0 Å². The number of nitrogens with zero attached hydrogens (tertiary/aromatic N) is 5. The molecule has 0 saturated carbocycles. The maximum absolute atomic E-state index is 4.91. The zero-order valence-electron chi connectivity index (χ0n) is 17.0. The minimum atomic E-state index is 0.768. The van der Waals surface area contributed by atoms with Crippen LogP contribution in [-0.4, -0.2) is 41.1 Å². The number of aromatic nitrogens is 3. The Kier molecular flexibility index (Phi) is 4.89. The van der Waals surface area contributed by atoms with Crippen LogP contribution in [-0.2, 0) is 0 Å². The molecule has 30 heavy (non-hydrogen) atoms. The first-order chi connectivity index (χ1) is 14.8. The number of anilines is 4. The summed E-state index contributed by atoms with van der Waals surface area (Å²) in [6.45, 7) is 5.60. The highest BCUT2D eigenvalue weighted by molar-refractivity contribution is 5.91. The van der Waals surface area contributed by atoms with Crippen LogP contribution < -0.4 is 15.1 Å². The van der Waals surface area contributed by atoms with Crippen molar-refractivity contribution in [3.05, 3.63) is 78.5 Å². The maximum atomic E-state index is 4.91. The summed E-state index contributed by atoms with van der Waals surface area (Å²) in [6, 6.07) is 22.6. The summed E-state index contributed by atoms with van der Waals surface area (Å²) in [5, 5.41) is 4.51. The lowest BCUT2D eigenvalue weighted by atomic mass is 10.2. The zero-order valence-corrected chi connectivity index (χ0v) is 17.0. The highest BCUT2D eigenvalue weighted by Crippen LogP contribution is 2.27. The first-order valence-corrected chi connectivity index (χ1v) is 10.3. The summed E-state index contributed by atoms with van der Waals surface area (Å²) in [7, 11) is 0. The lowest BCUT2D eigenvalue weighted by Crippen LogP contribution is -2.47. The van der Waals surface area contributed by atoms with Crippen molar-refractivity contribution in [2.24, 2.45) is 0 Å². The Bertz CT molecular complexity index is 1140. The Morgan fingerprint density at radius 1 is 0.767 bits per heavy atom. The number of pyridine rings is 1. The monoisotopic (exact) mass is 396 g/mol. The second kappa shape index (κ2) is 7.99. The third-order valence-electron chi connectivity index (χ3n) is 5.44. The van der Waals surface area contributed by atoms with Gasteiger partial charge in [-0.25, -0.2) is 9.97 Å². The third kappa shape index (κ3) is 3.76. The van der Waals surface area contributed by atoms with E-state index in [1.54, 1.807) is 0 Å². The molecule has 1 aliphatic heterocycles. The van der Waals surface area contributed by atoms with Gasteiger partial charge in [-0.05, 0) is 43.3 Å². The highest BCUT2D eigenvalue weighted by atomic mass is 15.3. The summed E-state index contributed by atoms with van der Waals surface area (Å²) < 4.78 is 0. The van der Waals surface area contributed by atoms with Gasteiger partial charge in [0.05, 0.1) is 5.52 Å². The van der Waals surface area contributed by atoms with Gasteiger partial charge >= 0.3 is 0 Å². The molecule has 0 aliphatic carbocycles. The quantitative estimate of drug-likeness (QED) is 0.552. The van der Waals surface area contributed by atoms with Crippen LogP contribution in [0, 0.1) is 6.92 Å². The van der Waals surface area contributed by atoms with Crippen LogP contribution in [0.1, 0.15) is 5.56 Å². The first-order valence-electron chi connectivity index (χ1n) is 10.3. The summed E-state index contributed by atoms with van der Waals surface area (Å²) >= 11 is 0. The van der Waals surface area contributed by atoms with E-state index in [4.69, 9.17) is 9.97 Å². The third-order valence-corrected chi connectivity index (χ3v) is 5.44. The molecule has 1 saturated heterocycles. The van der Waals surface area contributed by atoms with Crippen molar-refractivity contribution < 1.29 is 0 Å². The van der Waals surface area contributed by atoms with E-state index in [0.29, 0.717) is 0 Å². The number of rotatable bonds is 4. The molecule has 1 N–H and O–H groups in total. The van der Waals surface area contributed by atoms with Gasteiger partial charge in [0, 0.05) is 43.4 Å². The van der Waals surface area contributed by atoms with E-state index < -0.39 is 0 Å². The molecule has 1 aliphatic rings. The fraction of sp³-hybridized carbons (Fsp3) is 0.208. The van der Waals surface area contributed by atoms with Gasteiger partial charge in [0.15, 0.2) is 0 Å². The average Bonchev–Trinajstić information content (AvgIpc) is 2.81. The average molecular weight is 396 g/mol. The molecule has 0 bridgehead atoms. The van der Waals surface area contributed by atoms with Gasteiger partial charge in [0.1, 0.15) is 11.6 Å². The Labute approximate surface area is 176 Å². The van der Waals surface area contributed by atoms with Crippen LogP contribution in [0.15, 0.2) is 72.9 Å². The van der Waals surface area contributed by atoms with Crippen LogP contribution in [0.5, 0.6) is 0 Å². The summed E-state index contributed by atoms with van der Waals surface area (Å²) in [4.78, 5) is 18.8. The lowest BCUT2D eigenvalue weighted by molar-refractivity contribution is 0.636. The van der Waals surface area contributed by atoms with E-state index in [1.807, 2.05) is 36.5 Å². The van der Waals surface area contributed by atoms with Gasteiger partial charge < -0.3 is 15.1 Å². The molecule has 0 unspecified atom stereocenters. The molecule has 150 valence electrons. The van der Waals surface area contributed by atoms with E-state index >= 15 is 0 Å². The summed E-state index contributed by atoms with van der Waals surface area (Å²) in [6.07, 6.45) is 1.84. The lowest BCUT2D eigenvalue weighted by Gasteiger charge is -2.35. The van der Waals surface area contributed by atoms with Crippen molar-refractivity contribution in [2.75, 3.05) is 41.3 Å². The van der Waals surface area contributed by atoms with Crippen molar-refractivity contribution in [3.63, 3.8) is 0 Å². The van der Waals surface area contributed by atoms with E-state index in [0.717, 1.165) is 60.4 Å². The van der Waals surface area contributed by atoms with E-state index in [9.17, 15) is 0 Å². The molecule has 6 heteroatoms. The molecular formula is C24H24N6. The van der Waals surface area contributed by atoms with Crippen molar-refractivity contribution >= 4 is 34.2 Å². The van der Waals surface area contributed by atoms with Crippen LogP contribution in [0.2, 0.25) is 0 Å². The standard InChI is InChI=1S/C24H24N6/c1-18-9-11-19(12-10-18)26-23-20-6-2-3-7-21(20)27-24(28-23)30-16-14-29(15-17-30)22-8-4-5-13-25-22/h2-13H,14-17H2,1H3,(H,26,27,28). The Balaban J connectivity index is 1.41. The Morgan fingerprint density at radius 3 is 2.27 bits per heavy atom. The number of aryl methyl sites for hydroxylation is 1. The number of hydrogen-bond acceptors (Lipinski definition) is 6. The van der Waals surface area contributed by atoms with E-state index in [-0.39, 0.29) is 0 Å².